The summed E-state index contributed by atoms with van der Waals surface area (Å²) in [5, 5.41) is 0. The maximum atomic E-state index is 13.7. The van der Waals surface area contributed by atoms with Gasteiger partial charge in [0.2, 0.25) is 0 Å². The van der Waals surface area contributed by atoms with Crippen LogP contribution in [0.25, 0.3) is 0 Å². The highest BCUT2D eigenvalue weighted by Gasteiger charge is 2.20. The van der Waals surface area contributed by atoms with E-state index in [1.54, 1.807) is 12.3 Å². The molecule has 3 rings (SSSR count). The average Bonchev–Trinajstić information content (AvgIpc) is 2.83. The fraction of sp³-hybridized carbons (Fsp3) is 0.333. The van der Waals surface area contributed by atoms with Crippen LogP contribution in [0.5, 0.6) is 0 Å². The fourth-order valence-electron chi connectivity index (χ4n) is 2.87. The molecule has 2 aromatic rings. The maximum absolute atomic E-state index is 13.7. The molecule has 0 unspecified atom stereocenters. The summed E-state index contributed by atoms with van der Waals surface area (Å²) in [7, 11) is 0. The van der Waals surface area contributed by atoms with E-state index in [9.17, 15) is 9.18 Å². The van der Waals surface area contributed by atoms with Crippen molar-refractivity contribution in [2.24, 2.45) is 0 Å². The number of amides is 1. The van der Waals surface area contributed by atoms with Crippen LogP contribution in [0.4, 0.5) is 4.39 Å². The molecular formula is C18H20FN3O. The first-order valence-electron chi connectivity index (χ1n) is 7.89. The number of benzene rings is 1. The van der Waals surface area contributed by atoms with Gasteiger partial charge in [0.05, 0.1) is 6.20 Å². The highest BCUT2D eigenvalue weighted by molar-refractivity contribution is 5.94. The zero-order chi connectivity index (χ0) is 16.1. The van der Waals surface area contributed by atoms with E-state index in [1.165, 1.54) is 6.20 Å². The molecule has 0 atom stereocenters. The molecule has 1 aromatic carbocycles. The number of carbonyl (C=O) groups is 1. The van der Waals surface area contributed by atoms with Crippen molar-refractivity contribution in [1.82, 2.24) is 14.8 Å². The van der Waals surface area contributed by atoms with Crippen LogP contribution in [0.2, 0.25) is 0 Å². The van der Waals surface area contributed by atoms with Crippen molar-refractivity contribution in [2.45, 2.75) is 13.0 Å². The molecule has 0 radical (unpaired) electrons. The van der Waals surface area contributed by atoms with Gasteiger partial charge >= 0.3 is 0 Å². The lowest BCUT2D eigenvalue weighted by atomic mass is 10.2. The van der Waals surface area contributed by atoms with Gasteiger partial charge in [-0.15, -0.1) is 0 Å². The lowest BCUT2D eigenvalue weighted by Crippen LogP contribution is -2.35. The molecule has 23 heavy (non-hydrogen) atoms. The second-order valence-electron chi connectivity index (χ2n) is 5.76. The molecule has 1 amide bonds. The summed E-state index contributed by atoms with van der Waals surface area (Å²) in [4.78, 5) is 20.4. The van der Waals surface area contributed by atoms with Gasteiger partial charge in [0.1, 0.15) is 5.82 Å². The minimum atomic E-state index is -0.269. The van der Waals surface area contributed by atoms with Gasteiger partial charge < -0.3 is 4.90 Å². The minimum absolute atomic E-state index is 0.0718. The predicted molar refractivity (Wildman–Crippen MR) is 86.4 cm³/mol. The Bertz CT molecular complexity index is 662. The van der Waals surface area contributed by atoms with Gasteiger partial charge in [-0.05, 0) is 24.6 Å². The van der Waals surface area contributed by atoms with Gasteiger partial charge in [0.15, 0.2) is 0 Å². The van der Waals surface area contributed by atoms with Gasteiger partial charge in [-0.3, -0.25) is 14.7 Å². The average molecular weight is 313 g/mol. The molecule has 0 saturated carbocycles. The zero-order valence-corrected chi connectivity index (χ0v) is 13.0. The van der Waals surface area contributed by atoms with Crippen molar-refractivity contribution in [2.75, 3.05) is 26.2 Å². The van der Waals surface area contributed by atoms with Crippen molar-refractivity contribution in [3.05, 3.63) is 65.7 Å². The summed E-state index contributed by atoms with van der Waals surface area (Å²) in [6.45, 7) is 3.58. The molecule has 1 aliphatic rings. The van der Waals surface area contributed by atoms with E-state index < -0.39 is 0 Å². The van der Waals surface area contributed by atoms with E-state index in [0.29, 0.717) is 18.7 Å². The van der Waals surface area contributed by atoms with Gasteiger partial charge in [0, 0.05) is 50.0 Å². The molecule has 1 aliphatic heterocycles. The van der Waals surface area contributed by atoms with E-state index in [0.717, 1.165) is 31.6 Å². The van der Waals surface area contributed by atoms with Crippen LogP contribution in [0.1, 0.15) is 22.3 Å². The molecule has 0 spiro atoms. The topological polar surface area (TPSA) is 36.4 Å². The van der Waals surface area contributed by atoms with Crippen molar-refractivity contribution in [3.63, 3.8) is 0 Å². The summed E-state index contributed by atoms with van der Waals surface area (Å²) in [6.07, 6.45) is 3.76. The Morgan fingerprint density at radius 2 is 1.91 bits per heavy atom. The Kier molecular flexibility index (Phi) is 4.98. The third-order valence-electron chi connectivity index (χ3n) is 4.15. The molecule has 0 bridgehead atoms. The molecule has 4 nitrogen and oxygen atoms in total. The molecule has 1 saturated heterocycles. The summed E-state index contributed by atoms with van der Waals surface area (Å²) in [5.41, 5.74) is 1.38. The number of hydrogen-bond acceptors (Lipinski definition) is 3. The minimum Gasteiger partial charge on any atom is -0.337 e. The number of carbonyl (C=O) groups excluding carboxylic acids is 1. The lowest BCUT2D eigenvalue weighted by Gasteiger charge is -2.22. The SMILES string of the molecule is O=C(c1ccccc1)N1CCCN(Cc2ccncc2F)CC1. The maximum Gasteiger partial charge on any atom is 0.253 e. The number of rotatable bonds is 3. The van der Waals surface area contributed by atoms with Crippen LogP contribution in [-0.4, -0.2) is 46.9 Å². The van der Waals surface area contributed by atoms with E-state index in [1.807, 2.05) is 35.2 Å². The molecular weight excluding hydrogens is 293 g/mol. The highest BCUT2D eigenvalue weighted by Crippen LogP contribution is 2.13. The normalized spacial score (nSPS) is 16.1. The zero-order valence-electron chi connectivity index (χ0n) is 13.0. The van der Waals surface area contributed by atoms with Crippen LogP contribution < -0.4 is 0 Å². The van der Waals surface area contributed by atoms with Gasteiger partial charge in [-0.1, -0.05) is 18.2 Å². The largest absolute Gasteiger partial charge is 0.337 e. The summed E-state index contributed by atoms with van der Waals surface area (Å²) in [6, 6.07) is 11.1. The van der Waals surface area contributed by atoms with Crippen molar-refractivity contribution in [3.8, 4) is 0 Å². The number of pyridine rings is 1. The van der Waals surface area contributed by atoms with Crippen LogP contribution in [0, 0.1) is 5.82 Å². The Morgan fingerprint density at radius 1 is 1.09 bits per heavy atom. The number of nitrogens with zero attached hydrogens (tertiary/aromatic N) is 3. The number of halogens is 1. The molecule has 0 N–H and O–H groups in total. The van der Waals surface area contributed by atoms with Gasteiger partial charge in [0.25, 0.3) is 5.91 Å². The summed E-state index contributed by atoms with van der Waals surface area (Å²) in [5.74, 6) is -0.198. The molecule has 1 fully saturated rings. The standard InChI is InChI=1S/C18H20FN3O/c19-17-13-20-8-7-16(17)14-21-9-4-10-22(12-11-21)18(23)15-5-2-1-3-6-15/h1-3,5-8,13H,4,9-12,14H2. The fourth-order valence-corrected chi connectivity index (χ4v) is 2.87. The first-order chi connectivity index (χ1) is 11.2. The predicted octanol–water partition coefficient (Wildman–Crippen LogP) is 2.57. The third-order valence-corrected chi connectivity index (χ3v) is 4.15. The van der Waals surface area contributed by atoms with E-state index in [-0.39, 0.29) is 11.7 Å². The quantitative estimate of drug-likeness (QED) is 0.874. The van der Waals surface area contributed by atoms with E-state index in [4.69, 9.17) is 0 Å². The van der Waals surface area contributed by atoms with Crippen molar-refractivity contribution >= 4 is 5.91 Å². The van der Waals surface area contributed by atoms with Crippen LogP contribution in [0.15, 0.2) is 48.8 Å². The first-order valence-corrected chi connectivity index (χ1v) is 7.89. The van der Waals surface area contributed by atoms with E-state index >= 15 is 0 Å². The summed E-state index contributed by atoms with van der Waals surface area (Å²) >= 11 is 0. The van der Waals surface area contributed by atoms with Crippen molar-refractivity contribution in [1.29, 1.82) is 0 Å². The Balaban J connectivity index is 1.61. The summed E-state index contributed by atoms with van der Waals surface area (Å²) < 4.78 is 13.7. The lowest BCUT2D eigenvalue weighted by molar-refractivity contribution is 0.0761. The molecule has 120 valence electrons. The molecule has 5 heteroatoms. The smallest absolute Gasteiger partial charge is 0.253 e. The number of hydrogen-bond donors (Lipinski definition) is 0. The first kappa shape index (κ1) is 15.6. The second-order valence-corrected chi connectivity index (χ2v) is 5.76. The van der Waals surface area contributed by atoms with Crippen LogP contribution >= 0.6 is 0 Å². The van der Waals surface area contributed by atoms with E-state index in [2.05, 4.69) is 9.88 Å². The van der Waals surface area contributed by atoms with Crippen LogP contribution in [0.3, 0.4) is 0 Å². The Morgan fingerprint density at radius 3 is 2.70 bits per heavy atom. The van der Waals surface area contributed by atoms with Gasteiger partial charge in [-0.2, -0.15) is 0 Å². The monoisotopic (exact) mass is 313 g/mol. The second kappa shape index (κ2) is 7.33. The number of aromatic nitrogens is 1. The molecule has 1 aromatic heterocycles. The molecule has 2 heterocycles. The van der Waals surface area contributed by atoms with Crippen molar-refractivity contribution < 1.29 is 9.18 Å². The third kappa shape index (κ3) is 3.93. The van der Waals surface area contributed by atoms with Gasteiger partial charge in [-0.25, -0.2) is 4.39 Å². The highest BCUT2D eigenvalue weighted by atomic mass is 19.1. The Labute approximate surface area is 135 Å². The Hall–Kier alpha value is -2.27. The van der Waals surface area contributed by atoms with Crippen LogP contribution in [-0.2, 0) is 6.54 Å². The molecule has 0 aliphatic carbocycles.